The van der Waals surface area contributed by atoms with Crippen molar-refractivity contribution in [2.24, 2.45) is 11.3 Å². The van der Waals surface area contributed by atoms with E-state index in [-0.39, 0.29) is 11.3 Å². The molecule has 0 radical (unpaired) electrons. The van der Waals surface area contributed by atoms with Gasteiger partial charge in [0.2, 0.25) is 5.91 Å². The second kappa shape index (κ2) is 5.17. The van der Waals surface area contributed by atoms with Crippen molar-refractivity contribution < 1.29 is 9.53 Å². The van der Waals surface area contributed by atoms with Crippen LogP contribution in [0.4, 0.5) is 0 Å². The third-order valence-corrected chi connectivity index (χ3v) is 3.81. The van der Waals surface area contributed by atoms with E-state index in [0.717, 1.165) is 26.2 Å². The minimum absolute atomic E-state index is 0.197. The molecular formula is C13H23NO2. The first-order valence-corrected chi connectivity index (χ1v) is 6.52. The van der Waals surface area contributed by atoms with Crippen LogP contribution in [0.3, 0.4) is 0 Å². The first kappa shape index (κ1) is 11.9. The van der Waals surface area contributed by atoms with E-state index < -0.39 is 0 Å². The maximum absolute atomic E-state index is 11.7. The lowest BCUT2D eigenvalue weighted by atomic mass is 9.86. The molecule has 92 valence electrons. The molecule has 2 fully saturated rings. The highest BCUT2D eigenvalue weighted by Crippen LogP contribution is 2.27. The summed E-state index contributed by atoms with van der Waals surface area (Å²) in [6.45, 7) is 4.52. The Kier molecular flexibility index (Phi) is 3.85. The first-order chi connectivity index (χ1) is 7.68. The van der Waals surface area contributed by atoms with Gasteiger partial charge < -0.3 is 10.1 Å². The summed E-state index contributed by atoms with van der Waals surface area (Å²) in [5, 5.41) is 3.05. The van der Waals surface area contributed by atoms with Crippen molar-refractivity contribution in [1.82, 2.24) is 5.32 Å². The summed E-state index contributed by atoms with van der Waals surface area (Å²) in [6, 6.07) is 0. The molecule has 1 N–H and O–H groups in total. The molecule has 1 heterocycles. The van der Waals surface area contributed by atoms with E-state index in [0.29, 0.717) is 5.92 Å². The molecule has 0 aromatic carbocycles. The van der Waals surface area contributed by atoms with Crippen molar-refractivity contribution in [2.75, 3.05) is 19.8 Å². The van der Waals surface area contributed by atoms with Gasteiger partial charge in [0, 0.05) is 18.4 Å². The van der Waals surface area contributed by atoms with Gasteiger partial charge in [-0.3, -0.25) is 4.79 Å². The number of nitrogens with one attached hydrogen (secondary N) is 1. The normalized spacial score (nSPS) is 24.8. The lowest BCUT2D eigenvalue weighted by Gasteiger charge is -2.38. The summed E-state index contributed by atoms with van der Waals surface area (Å²) in [5.74, 6) is 0.874. The van der Waals surface area contributed by atoms with Crippen LogP contribution in [0, 0.1) is 11.3 Å². The van der Waals surface area contributed by atoms with E-state index in [1.165, 1.54) is 32.1 Å². The Balaban J connectivity index is 1.63. The first-order valence-electron chi connectivity index (χ1n) is 6.52. The standard InChI is InChI=1S/C13H23NO2/c1-13(9-16-10-13)8-14-12(15)7-11-5-3-2-4-6-11/h11H,2-10H2,1H3,(H,14,15). The van der Waals surface area contributed by atoms with Crippen molar-refractivity contribution in [3.05, 3.63) is 0 Å². The van der Waals surface area contributed by atoms with Crippen molar-refractivity contribution >= 4 is 5.91 Å². The van der Waals surface area contributed by atoms with Gasteiger partial charge in [0.25, 0.3) is 0 Å². The molecular weight excluding hydrogens is 202 g/mol. The van der Waals surface area contributed by atoms with Crippen LogP contribution >= 0.6 is 0 Å². The minimum Gasteiger partial charge on any atom is -0.380 e. The number of hydrogen-bond donors (Lipinski definition) is 1. The van der Waals surface area contributed by atoms with Crippen LogP contribution in [0.2, 0.25) is 0 Å². The van der Waals surface area contributed by atoms with Crippen LogP contribution in [0.1, 0.15) is 45.4 Å². The smallest absolute Gasteiger partial charge is 0.220 e. The maximum Gasteiger partial charge on any atom is 0.220 e. The number of amides is 1. The fourth-order valence-electron chi connectivity index (χ4n) is 2.59. The van der Waals surface area contributed by atoms with Gasteiger partial charge in [-0.1, -0.05) is 26.2 Å². The molecule has 1 saturated heterocycles. The average Bonchev–Trinajstić information content (AvgIpc) is 2.25. The monoisotopic (exact) mass is 225 g/mol. The van der Waals surface area contributed by atoms with Gasteiger partial charge in [-0.15, -0.1) is 0 Å². The molecule has 0 aromatic heterocycles. The summed E-state index contributed by atoms with van der Waals surface area (Å²) in [7, 11) is 0. The van der Waals surface area contributed by atoms with Crippen LogP contribution in [0.15, 0.2) is 0 Å². The molecule has 1 aliphatic carbocycles. The number of carbonyl (C=O) groups excluding carboxylic acids is 1. The Morgan fingerprint density at radius 2 is 2.00 bits per heavy atom. The summed E-state index contributed by atoms with van der Waals surface area (Å²) in [4.78, 5) is 11.7. The van der Waals surface area contributed by atoms with Crippen molar-refractivity contribution in [2.45, 2.75) is 45.4 Å². The predicted molar refractivity (Wildman–Crippen MR) is 63.1 cm³/mol. The molecule has 3 heteroatoms. The quantitative estimate of drug-likeness (QED) is 0.795. The van der Waals surface area contributed by atoms with Crippen LogP contribution < -0.4 is 5.32 Å². The van der Waals surface area contributed by atoms with Crippen molar-refractivity contribution in [3.63, 3.8) is 0 Å². The van der Waals surface area contributed by atoms with E-state index >= 15 is 0 Å². The van der Waals surface area contributed by atoms with Gasteiger partial charge in [-0.05, 0) is 18.8 Å². The molecule has 0 spiro atoms. The number of carbonyl (C=O) groups is 1. The van der Waals surface area contributed by atoms with Gasteiger partial charge in [0.15, 0.2) is 0 Å². The summed E-state index contributed by atoms with van der Waals surface area (Å²) < 4.78 is 5.17. The molecule has 16 heavy (non-hydrogen) atoms. The molecule has 0 atom stereocenters. The van der Waals surface area contributed by atoms with Gasteiger partial charge in [-0.2, -0.15) is 0 Å². The Bertz CT molecular complexity index is 242. The van der Waals surface area contributed by atoms with E-state index in [4.69, 9.17) is 4.74 Å². The van der Waals surface area contributed by atoms with E-state index in [1.807, 2.05) is 0 Å². The minimum atomic E-state index is 0.197. The second-order valence-electron chi connectivity index (χ2n) is 5.79. The Hall–Kier alpha value is -0.570. The molecule has 1 saturated carbocycles. The van der Waals surface area contributed by atoms with Crippen molar-refractivity contribution in [1.29, 1.82) is 0 Å². The molecule has 0 unspecified atom stereocenters. The van der Waals surface area contributed by atoms with Gasteiger partial charge >= 0.3 is 0 Å². The highest BCUT2D eigenvalue weighted by Gasteiger charge is 2.33. The largest absolute Gasteiger partial charge is 0.380 e. The summed E-state index contributed by atoms with van der Waals surface area (Å²) in [5.41, 5.74) is 0.197. The highest BCUT2D eigenvalue weighted by molar-refractivity contribution is 5.76. The van der Waals surface area contributed by atoms with Gasteiger partial charge in [-0.25, -0.2) is 0 Å². The van der Waals surface area contributed by atoms with E-state index in [1.54, 1.807) is 0 Å². The third-order valence-electron chi connectivity index (χ3n) is 3.81. The zero-order valence-electron chi connectivity index (χ0n) is 10.3. The zero-order valence-corrected chi connectivity index (χ0v) is 10.3. The summed E-state index contributed by atoms with van der Waals surface area (Å²) in [6.07, 6.45) is 7.19. The number of rotatable bonds is 4. The van der Waals surface area contributed by atoms with Gasteiger partial charge in [0.05, 0.1) is 13.2 Å². The molecule has 0 aromatic rings. The highest BCUT2D eigenvalue weighted by atomic mass is 16.5. The predicted octanol–water partition coefficient (Wildman–Crippen LogP) is 2.11. The molecule has 1 amide bonds. The molecule has 2 rings (SSSR count). The maximum atomic E-state index is 11.7. The molecule has 3 nitrogen and oxygen atoms in total. The van der Waals surface area contributed by atoms with Crippen LogP contribution in [-0.2, 0) is 9.53 Å². The topological polar surface area (TPSA) is 38.3 Å². The Morgan fingerprint density at radius 1 is 1.31 bits per heavy atom. The van der Waals surface area contributed by atoms with Crippen LogP contribution in [0.25, 0.3) is 0 Å². The van der Waals surface area contributed by atoms with Crippen LogP contribution in [-0.4, -0.2) is 25.7 Å². The number of ether oxygens (including phenoxy) is 1. The van der Waals surface area contributed by atoms with Crippen LogP contribution in [0.5, 0.6) is 0 Å². The lowest BCUT2D eigenvalue weighted by molar-refractivity contribution is -0.127. The Morgan fingerprint density at radius 3 is 2.56 bits per heavy atom. The molecule has 2 aliphatic rings. The van der Waals surface area contributed by atoms with Crippen molar-refractivity contribution in [3.8, 4) is 0 Å². The second-order valence-corrected chi connectivity index (χ2v) is 5.79. The van der Waals surface area contributed by atoms with Gasteiger partial charge in [0.1, 0.15) is 0 Å². The molecule has 0 bridgehead atoms. The zero-order chi connectivity index (χ0) is 11.4. The fourth-order valence-corrected chi connectivity index (χ4v) is 2.59. The number of hydrogen-bond acceptors (Lipinski definition) is 2. The SMILES string of the molecule is CC1(CNC(=O)CC2CCCCC2)COC1. The van der Waals surface area contributed by atoms with E-state index in [2.05, 4.69) is 12.2 Å². The molecule has 1 aliphatic heterocycles. The van der Waals surface area contributed by atoms with E-state index in [9.17, 15) is 4.79 Å². The third kappa shape index (κ3) is 3.21. The average molecular weight is 225 g/mol. The Labute approximate surface area is 97.9 Å². The summed E-state index contributed by atoms with van der Waals surface area (Å²) >= 11 is 0. The fraction of sp³-hybridized carbons (Fsp3) is 0.923. The lowest BCUT2D eigenvalue weighted by Crippen LogP contribution is -2.48.